The lowest BCUT2D eigenvalue weighted by molar-refractivity contribution is 0.252. The van der Waals surface area contributed by atoms with Crippen LogP contribution < -0.4 is 15.5 Å². The Hall–Kier alpha value is -3.08. The fourth-order valence-electron chi connectivity index (χ4n) is 1.65. The highest BCUT2D eigenvalue weighted by Gasteiger charge is 1.98. The minimum absolute atomic E-state index is 0.395. The van der Waals surface area contributed by atoms with E-state index in [0.29, 0.717) is 12.3 Å². The van der Waals surface area contributed by atoms with Gasteiger partial charge in [-0.3, -0.25) is 0 Å². The van der Waals surface area contributed by atoms with Crippen molar-refractivity contribution >= 4 is 17.9 Å². The fourth-order valence-corrected chi connectivity index (χ4v) is 1.65. The molecule has 5 heteroatoms. The second-order valence-corrected chi connectivity index (χ2v) is 4.36. The van der Waals surface area contributed by atoms with E-state index in [-0.39, 0.29) is 0 Å². The quantitative estimate of drug-likeness (QED) is 0.487. The van der Waals surface area contributed by atoms with Gasteiger partial charge in [-0.15, -0.1) is 0 Å². The van der Waals surface area contributed by atoms with Crippen molar-refractivity contribution in [2.24, 2.45) is 5.10 Å². The number of hydrazone groups is 1. The fraction of sp³-hybridized carbons (Fsp3) is 0.0588. The molecule has 2 aromatic carbocycles. The molecule has 0 fully saturated rings. The van der Waals surface area contributed by atoms with Crippen molar-refractivity contribution < 1.29 is 9.53 Å². The number of ether oxygens (including phenoxy) is 1. The van der Waals surface area contributed by atoms with Crippen LogP contribution in [0.3, 0.4) is 0 Å². The lowest BCUT2D eigenvalue weighted by Crippen LogP contribution is -2.24. The lowest BCUT2D eigenvalue weighted by Gasteiger charge is -2.04. The minimum atomic E-state index is -0.395. The van der Waals surface area contributed by atoms with Crippen LogP contribution in [0, 0.1) is 0 Å². The Balaban J connectivity index is 1.81. The molecule has 0 aliphatic rings. The predicted molar refractivity (Wildman–Crippen MR) is 88.3 cm³/mol. The molecule has 0 unspecified atom stereocenters. The first-order valence-electron chi connectivity index (χ1n) is 6.77. The molecule has 0 saturated heterocycles. The van der Waals surface area contributed by atoms with Crippen molar-refractivity contribution in [1.82, 2.24) is 5.43 Å². The molecule has 0 spiro atoms. The van der Waals surface area contributed by atoms with Crippen molar-refractivity contribution in [1.29, 1.82) is 0 Å². The molecule has 2 rings (SSSR count). The average molecular weight is 295 g/mol. The summed E-state index contributed by atoms with van der Waals surface area (Å²) in [7, 11) is 0. The maximum atomic E-state index is 11.6. The standard InChI is InChI=1S/C17H17N3O2/c1-2-12-22-16-10-8-14(9-11-16)13-18-20-17(21)19-15-6-4-3-5-7-15/h2-11,13H,1,12H2,(H2,19,20,21)/b18-13+. The molecular formula is C17H17N3O2. The van der Waals surface area contributed by atoms with Gasteiger partial charge in [-0.1, -0.05) is 30.9 Å². The number of hydrogen-bond donors (Lipinski definition) is 2. The Kier molecular flexibility index (Phi) is 5.75. The smallest absolute Gasteiger partial charge is 0.339 e. The number of carbonyl (C=O) groups excluding carboxylic acids is 1. The second kappa shape index (κ2) is 8.26. The first-order chi connectivity index (χ1) is 10.8. The molecule has 2 amide bonds. The third-order valence-electron chi connectivity index (χ3n) is 2.66. The highest BCUT2D eigenvalue weighted by molar-refractivity contribution is 5.90. The Labute approximate surface area is 129 Å². The van der Waals surface area contributed by atoms with E-state index in [1.165, 1.54) is 0 Å². The molecule has 0 aliphatic heterocycles. The summed E-state index contributed by atoms with van der Waals surface area (Å²) in [5, 5.41) is 6.55. The number of amides is 2. The summed E-state index contributed by atoms with van der Waals surface area (Å²) in [4.78, 5) is 11.6. The summed E-state index contributed by atoms with van der Waals surface area (Å²) >= 11 is 0. The van der Waals surface area contributed by atoms with Crippen LogP contribution in [0.25, 0.3) is 0 Å². The van der Waals surface area contributed by atoms with Gasteiger partial charge in [-0.25, -0.2) is 10.2 Å². The van der Waals surface area contributed by atoms with Crippen LogP contribution in [-0.2, 0) is 0 Å². The molecule has 112 valence electrons. The summed E-state index contributed by atoms with van der Waals surface area (Å²) in [6.45, 7) is 4.05. The summed E-state index contributed by atoms with van der Waals surface area (Å²) in [5.74, 6) is 0.756. The van der Waals surface area contributed by atoms with Crippen molar-refractivity contribution in [2.45, 2.75) is 0 Å². The van der Waals surface area contributed by atoms with E-state index >= 15 is 0 Å². The van der Waals surface area contributed by atoms with Crippen LogP contribution in [0.5, 0.6) is 5.75 Å². The first-order valence-corrected chi connectivity index (χ1v) is 6.77. The molecule has 0 radical (unpaired) electrons. The Bertz CT molecular complexity index is 637. The third-order valence-corrected chi connectivity index (χ3v) is 2.66. The van der Waals surface area contributed by atoms with Crippen molar-refractivity contribution in [3.8, 4) is 5.75 Å². The van der Waals surface area contributed by atoms with Gasteiger partial charge in [-0.2, -0.15) is 5.10 Å². The Morgan fingerprint density at radius 2 is 1.86 bits per heavy atom. The van der Waals surface area contributed by atoms with E-state index in [4.69, 9.17) is 4.74 Å². The first kappa shape index (κ1) is 15.3. The molecule has 22 heavy (non-hydrogen) atoms. The zero-order valence-electron chi connectivity index (χ0n) is 12.0. The van der Waals surface area contributed by atoms with Gasteiger partial charge in [-0.05, 0) is 42.0 Å². The number of urea groups is 1. The zero-order chi connectivity index (χ0) is 15.6. The normalized spacial score (nSPS) is 10.2. The van der Waals surface area contributed by atoms with Gasteiger partial charge < -0.3 is 10.1 Å². The van der Waals surface area contributed by atoms with E-state index in [9.17, 15) is 4.79 Å². The maximum Gasteiger partial charge on any atom is 0.339 e. The van der Waals surface area contributed by atoms with E-state index in [2.05, 4.69) is 22.4 Å². The second-order valence-electron chi connectivity index (χ2n) is 4.36. The Morgan fingerprint density at radius 3 is 2.55 bits per heavy atom. The molecule has 0 atom stereocenters. The predicted octanol–water partition coefficient (Wildman–Crippen LogP) is 3.41. The number of para-hydroxylation sites is 1. The van der Waals surface area contributed by atoms with Gasteiger partial charge in [0.25, 0.3) is 0 Å². The van der Waals surface area contributed by atoms with Gasteiger partial charge in [0.15, 0.2) is 0 Å². The van der Waals surface area contributed by atoms with Crippen LogP contribution >= 0.6 is 0 Å². The summed E-state index contributed by atoms with van der Waals surface area (Å²) in [5.41, 5.74) is 3.96. The lowest BCUT2D eigenvalue weighted by atomic mass is 10.2. The van der Waals surface area contributed by atoms with Crippen LogP contribution in [0.4, 0.5) is 10.5 Å². The number of benzene rings is 2. The molecule has 0 heterocycles. The van der Waals surface area contributed by atoms with Gasteiger partial charge in [0.05, 0.1) is 6.21 Å². The number of nitrogens with zero attached hydrogens (tertiary/aromatic N) is 1. The monoisotopic (exact) mass is 295 g/mol. The van der Waals surface area contributed by atoms with Crippen LogP contribution in [0.2, 0.25) is 0 Å². The number of rotatable bonds is 6. The van der Waals surface area contributed by atoms with Gasteiger partial charge in [0, 0.05) is 5.69 Å². The molecule has 5 nitrogen and oxygen atoms in total. The van der Waals surface area contributed by atoms with Crippen LogP contribution in [0.1, 0.15) is 5.56 Å². The van der Waals surface area contributed by atoms with Crippen LogP contribution in [-0.4, -0.2) is 18.9 Å². The van der Waals surface area contributed by atoms with E-state index in [1.807, 2.05) is 42.5 Å². The largest absolute Gasteiger partial charge is 0.490 e. The molecule has 2 aromatic rings. The van der Waals surface area contributed by atoms with E-state index in [0.717, 1.165) is 11.3 Å². The Morgan fingerprint density at radius 1 is 1.14 bits per heavy atom. The highest BCUT2D eigenvalue weighted by atomic mass is 16.5. The number of carbonyl (C=O) groups is 1. The minimum Gasteiger partial charge on any atom is -0.490 e. The molecule has 0 aliphatic carbocycles. The number of nitrogens with one attached hydrogen (secondary N) is 2. The summed E-state index contributed by atoms with van der Waals surface area (Å²) in [6.07, 6.45) is 3.24. The molecule has 0 aromatic heterocycles. The topological polar surface area (TPSA) is 62.7 Å². The molecule has 0 saturated carbocycles. The summed E-state index contributed by atoms with van der Waals surface area (Å²) < 4.78 is 5.38. The number of hydrogen-bond acceptors (Lipinski definition) is 3. The number of anilines is 1. The van der Waals surface area contributed by atoms with Gasteiger partial charge in [0.1, 0.15) is 12.4 Å². The average Bonchev–Trinajstić information content (AvgIpc) is 2.55. The highest BCUT2D eigenvalue weighted by Crippen LogP contribution is 2.10. The molecular weight excluding hydrogens is 278 g/mol. The van der Waals surface area contributed by atoms with E-state index < -0.39 is 6.03 Å². The molecule has 2 N–H and O–H groups in total. The van der Waals surface area contributed by atoms with E-state index in [1.54, 1.807) is 24.4 Å². The summed E-state index contributed by atoms with van der Waals surface area (Å²) in [6, 6.07) is 16.1. The van der Waals surface area contributed by atoms with Gasteiger partial charge in [0.2, 0.25) is 0 Å². The van der Waals surface area contributed by atoms with Crippen molar-refractivity contribution in [2.75, 3.05) is 11.9 Å². The van der Waals surface area contributed by atoms with Crippen molar-refractivity contribution in [3.63, 3.8) is 0 Å². The van der Waals surface area contributed by atoms with Gasteiger partial charge >= 0.3 is 6.03 Å². The maximum absolute atomic E-state index is 11.6. The molecule has 0 bridgehead atoms. The van der Waals surface area contributed by atoms with Crippen LogP contribution in [0.15, 0.2) is 72.4 Å². The third kappa shape index (κ3) is 5.13. The SMILES string of the molecule is C=CCOc1ccc(/C=N/NC(=O)Nc2ccccc2)cc1. The zero-order valence-corrected chi connectivity index (χ0v) is 12.0. The van der Waals surface area contributed by atoms with Crippen molar-refractivity contribution in [3.05, 3.63) is 72.8 Å².